The normalized spacial score (nSPS) is 14.6. The number of anilines is 1. The average molecular weight is 403 g/mol. The summed E-state index contributed by atoms with van der Waals surface area (Å²) in [5.41, 5.74) is 8.03. The molecule has 0 saturated heterocycles. The van der Waals surface area contributed by atoms with Crippen LogP contribution in [-0.4, -0.2) is 10.8 Å². The van der Waals surface area contributed by atoms with Crippen LogP contribution >= 0.6 is 11.6 Å². The van der Waals surface area contributed by atoms with Crippen LogP contribution in [-0.2, 0) is 6.42 Å². The van der Waals surface area contributed by atoms with Crippen LogP contribution in [0.5, 0.6) is 0 Å². The van der Waals surface area contributed by atoms with Gasteiger partial charge in [-0.2, -0.15) is 0 Å². The maximum absolute atomic E-state index is 13.2. The molecule has 0 spiro atoms. The highest BCUT2D eigenvalue weighted by Gasteiger charge is 2.27. The zero-order valence-corrected chi connectivity index (χ0v) is 17.5. The molecule has 1 aliphatic carbocycles. The Morgan fingerprint density at radius 1 is 1.07 bits per heavy atom. The number of nitrogens with one attached hydrogen (secondary N) is 1. The Labute approximate surface area is 176 Å². The number of halogens is 1. The van der Waals surface area contributed by atoms with Gasteiger partial charge in [-0.05, 0) is 61.6 Å². The van der Waals surface area contributed by atoms with E-state index in [1.165, 1.54) is 0 Å². The highest BCUT2D eigenvalue weighted by molar-refractivity contribution is 6.30. The molecule has 1 N–H and O–H groups in total. The molecule has 4 heteroatoms. The van der Waals surface area contributed by atoms with E-state index in [1.807, 2.05) is 44.2 Å². The number of allylic oxidation sites excluding steroid dienone is 2. The van der Waals surface area contributed by atoms with Crippen molar-refractivity contribution in [3.8, 4) is 0 Å². The predicted octanol–water partition coefficient (Wildman–Crippen LogP) is 6.43. The smallest absolute Gasteiger partial charge is 0.189 e. The fraction of sp³-hybridized carbons (Fsp3) is 0.200. The number of pyridine rings is 1. The van der Waals surface area contributed by atoms with Gasteiger partial charge >= 0.3 is 0 Å². The number of Topliss-reactive ketones (excluding diaryl/α,β-unsaturated/α-hetero) is 1. The minimum atomic E-state index is 0.00662. The van der Waals surface area contributed by atoms with Crippen molar-refractivity contribution in [2.75, 3.05) is 5.32 Å². The quantitative estimate of drug-likeness (QED) is 0.546. The molecule has 1 aliphatic rings. The van der Waals surface area contributed by atoms with Crippen LogP contribution in [0, 0.1) is 6.92 Å². The number of rotatable bonds is 4. The number of fused-ring (bicyclic) bond motifs is 1. The summed E-state index contributed by atoms with van der Waals surface area (Å²) >= 11 is 6.08. The van der Waals surface area contributed by atoms with E-state index in [0.29, 0.717) is 5.02 Å². The van der Waals surface area contributed by atoms with Crippen molar-refractivity contribution in [2.24, 2.45) is 0 Å². The Morgan fingerprint density at radius 3 is 2.55 bits per heavy atom. The Bertz CT molecular complexity index is 1120. The molecule has 3 nitrogen and oxygen atoms in total. The van der Waals surface area contributed by atoms with Crippen molar-refractivity contribution in [3.63, 3.8) is 0 Å². The van der Waals surface area contributed by atoms with Crippen molar-refractivity contribution in [1.82, 2.24) is 4.98 Å². The van der Waals surface area contributed by atoms with Gasteiger partial charge in [0.1, 0.15) is 0 Å². The molecule has 3 aromatic rings. The highest BCUT2D eigenvalue weighted by atomic mass is 35.5. The van der Waals surface area contributed by atoms with Crippen LogP contribution in [0.25, 0.3) is 5.57 Å². The summed E-state index contributed by atoms with van der Waals surface area (Å²) in [4.78, 5) is 17.4. The SMILES string of the molecule is CC1=C(c2ccccc2)Cc2c(cc(C)cc2C(C)Nc2cncc(Cl)c2)C1=O. The maximum Gasteiger partial charge on any atom is 0.189 e. The molecule has 1 atom stereocenters. The van der Waals surface area contributed by atoms with E-state index in [0.717, 1.165) is 51.1 Å². The first-order chi connectivity index (χ1) is 13.9. The number of aryl methyl sites for hydroxylation is 1. The van der Waals surface area contributed by atoms with Crippen molar-refractivity contribution in [3.05, 3.63) is 99.3 Å². The van der Waals surface area contributed by atoms with E-state index in [4.69, 9.17) is 11.6 Å². The lowest BCUT2D eigenvalue weighted by Crippen LogP contribution is -2.19. The molecule has 0 amide bonds. The average Bonchev–Trinajstić information content (AvgIpc) is 2.71. The molecule has 2 aromatic carbocycles. The van der Waals surface area contributed by atoms with Crippen molar-refractivity contribution < 1.29 is 4.79 Å². The number of ketones is 1. The van der Waals surface area contributed by atoms with Gasteiger partial charge < -0.3 is 5.32 Å². The molecule has 1 heterocycles. The Balaban J connectivity index is 1.76. The van der Waals surface area contributed by atoms with Gasteiger partial charge in [0.2, 0.25) is 0 Å². The van der Waals surface area contributed by atoms with Crippen LogP contribution in [0.2, 0.25) is 5.02 Å². The number of benzene rings is 2. The third kappa shape index (κ3) is 3.83. The van der Waals surface area contributed by atoms with Gasteiger partial charge in [0.05, 0.1) is 16.9 Å². The van der Waals surface area contributed by atoms with Crippen LogP contribution in [0.4, 0.5) is 5.69 Å². The van der Waals surface area contributed by atoms with Gasteiger partial charge in [0.15, 0.2) is 5.78 Å². The summed E-state index contributed by atoms with van der Waals surface area (Å²) in [6, 6.07) is 16.2. The van der Waals surface area contributed by atoms with E-state index < -0.39 is 0 Å². The van der Waals surface area contributed by atoms with Gasteiger partial charge in [-0.15, -0.1) is 0 Å². The van der Waals surface area contributed by atoms with Gasteiger partial charge in [-0.1, -0.05) is 53.6 Å². The second kappa shape index (κ2) is 7.84. The maximum atomic E-state index is 13.2. The van der Waals surface area contributed by atoms with Gasteiger partial charge in [-0.3, -0.25) is 9.78 Å². The monoisotopic (exact) mass is 402 g/mol. The molecule has 1 unspecified atom stereocenters. The number of aromatic nitrogens is 1. The van der Waals surface area contributed by atoms with E-state index in [-0.39, 0.29) is 11.8 Å². The largest absolute Gasteiger partial charge is 0.377 e. The molecular weight excluding hydrogens is 380 g/mol. The molecule has 0 saturated carbocycles. The van der Waals surface area contributed by atoms with E-state index >= 15 is 0 Å². The lowest BCUT2D eigenvalue weighted by Gasteiger charge is -2.27. The van der Waals surface area contributed by atoms with Crippen LogP contribution < -0.4 is 5.32 Å². The number of nitrogens with zero attached hydrogens (tertiary/aromatic N) is 1. The van der Waals surface area contributed by atoms with Gasteiger partial charge in [-0.25, -0.2) is 0 Å². The summed E-state index contributed by atoms with van der Waals surface area (Å²) in [6.45, 7) is 6.08. The fourth-order valence-electron chi connectivity index (χ4n) is 4.06. The lowest BCUT2D eigenvalue weighted by molar-refractivity contribution is 0.103. The Kier molecular flexibility index (Phi) is 5.25. The zero-order valence-electron chi connectivity index (χ0n) is 16.8. The minimum absolute atomic E-state index is 0.00662. The lowest BCUT2D eigenvalue weighted by atomic mass is 9.79. The molecule has 0 aliphatic heterocycles. The van der Waals surface area contributed by atoms with E-state index in [1.54, 1.807) is 12.4 Å². The minimum Gasteiger partial charge on any atom is -0.377 e. The third-order valence-corrected chi connectivity index (χ3v) is 5.70. The van der Waals surface area contributed by atoms with Crippen molar-refractivity contribution in [1.29, 1.82) is 0 Å². The second-order valence-corrected chi connectivity index (χ2v) is 8.05. The van der Waals surface area contributed by atoms with E-state index in [9.17, 15) is 4.79 Å². The first-order valence-corrected chi connectivity index (χ1v) is 10.1. The first kappa shape index (κ1) is 19.4. The van der Waals surface area contributed by atoms with Crippen LogP contribution in [0.15, 0.2) is 66.5 Å². The predicted molar refractivity (Wildman–Crippen MR) is 120 cm³/mol. The fourth-order valence-corrected chi connectivity index (χ4v) is 4.23. The Hall–Kier alpha value is -2.91. The molecule has 0 fully saturated rings. The molecule has 29 heavy (non-hydrogen) atoms. The summed E-state index contributed by atoms with van der Waals surface area (Å²) in [7, 11) is 0. The van der Waals surface area contributed by atoms with Gasteiger partial charge in [0.25, 0.3) is 0 Å². The third-order valence-electron chi connectivity index (χ3n) is 5.50. The molecule has 0 radical (unpaired) electrons. The van der Waals surface area contributed by atoms with E-state index in [2.05, 4.69) is 35.4 Å². The summed E-state index contributed by atoms with van der Waals surface area (Å²) < 4.78 is 0. The standard InChI is InChI=1S/C25H23ClN2O/c1-15-9-22(17(3)28-20-11-19(26)13-27-14-20)23-12-21(18-7-5-4-6-8-18)16(2)25(29)24(23)10-15/h4-11,13-14,17,28H,12H2,1-3H3. The molecule has 146 valence electrons. The number of hydrogen-bond donors (Lipinski definition) is 1. The van der Waals surface area contributed by atoms with Crippen LogP contribution in [0.1, 0.15) is 52.5 Å². The summed E-state index contributed by atoms with van der Waals surface area (Å²) in [6.07, 6.45) is 4.12. The number of hydrogen-bond acceptors (Lipinski definition) is 3. The molecule has 1 aromatic heterocycles. The van der Waals surface area contributed by atoms with Crippen LogP contribution in [0.3, 0.4) is 0 Å². The van der Waals surface area contributed by atoms with Crippen molar-refractivity contribution >= 4 is 28.6 Å². The number of carbonyl (C=O) groups excluding carboxylic acids is 1. The number of carbonyl (C=O) groups is 1. The zero-order chi connectivity index (χ0) is 20.5. The summed E-state index contributed by atoms with van der Waals surface area (Å²) in [5, 5.41) is 4.07. The second-order valence-electron chi connectivity index (χ2n) is 7.61. The van der Waals surface area contributed by atoms with Crippen molar-refractivity contribution in [2.45, 2.75) is 33.2 Å². The highest BCUT2D eigenvalue weighted by Crippen LogP contribution is 2.37. The molecule has 4 rings (SSSR count). The molecular formula is C25H23ClN2O. The topological polar surface area (TPSA) is 42.0 Å². The molecule has 0 bridgehead atoms. The first-order valence-electron chi connectivity index (χ1n) is 9.74. The summed E-state index contributed by atoms with van der Waals surface area (Å²) in [5.74, 6) is 0.117. The Morgan fingerprint density at radius 2 is 1.83 bits per heavy atom. The van der Waals surface area contributed by atoms with Gasteiger partial charge in [0, 0.05) is 23.4 Å².